The average molecular weight is 310 g/mol. The second-order valence-corrected chi connectivity index (χ2v) is 5.39. The van der Waals surface area contributed by atoms with Crippen LogP contribution in [0.1, 0.15) is 10.8 Å². The van der Waals surface area contributed by atoms with Crippen molar-refractivity contribution < 1.29 is 4.74 Å². The van der Waals surface area contributed by atoms with E-state index in [4.69, 9.17) is 16.3 Å². The molecule has 3 heterocycles. The van der Waals surface area contributed by atoms with Crippen molar-refractivity contribution in [2.45, 2.75) is 13.0 Å². The highest BCUT2D eigenvalue weighted by molar-refractivity contribution is 7.09. The standard InChI is InChI=1S/C12H12ClN5OS/c1-19-12-10-11(15-7-16-12)18(8(17-10)2-3-13)6-9-14-4-5-20-9/h4-5,7H,2-3,6H2,1H3. The number of aromatic nitrogens is 5. The molecule has 0 aliphatic rings. The zero-order chi connectivity index (χ0) is 13.9. The number of imidazole rings is 1. The van der Waals surface area contributed by atoms with Crippen LogP contribution in [0.25, 0.3) is 11.2 Å². The van der Waals surface area contributed by atoms with Crippen LogP contribution in [-0.4, -0.2) is 37.5 Å². The summed E-state index contributed by atoms with van der Waals surface area (Å²) in [7, 11) is 1.57. The largest absolute Gasteiger partial charge is 0.479 e. The number of hydrogen-bond donors (Lipinski definition) is 0. The van der Waals surface area contributed by atoms with Gasteiger partial charge in [-0.3, -0.25) is 0 Å². The van der Waals surface area contributed by atoms with Crippen molar-refractivity contribution in [3.05, 3.63) is 28.7 Å². The van der Waals surface area contributed by atoms with Gasteiger partial charge in [0.25, 0.3) is 0 Å². The highest BCUT2D eigenvalue weighted by Crippen LogP contribution is 2.23. The van der Waals surface area contributed by atoms with Crippen molar-refractivity contribution >= 4 is 34.1 Å². The molecule has 0 spiro atoms. The minimum atomic E-state index is 0.476. The maximum Gasteiger partial charge on any atom is 0.245 e. The number of halogens is 1. The third-order valence-electron chi connectivity index (χ3n) is 2.87. The molecule has 0 aromatic carbocycles. The van der Waals surface area contributed by atoms with Crippen LogP contribution in [0.3, 0.4) is 0 Å². The van der Waals surface area contributed by atoms with E-state index >= 15 is 0 Å². The van der Waals surface area contributed by atoms with E-state index in [0.29, 0.717) is 30.2 Å². The molecular weight excluding hydrogens is 298 g/mol. The molecule has 3 rings (SSSR count). The summed E-state index contributed by atoms with van der Waals surface area (Å²) in [6.45, 7) is 0.626. The first-order chi connectivity index (χ1) is 9.83. The summed E-state index contributed by atoms with van der Waals surface area (Å²) < 4.78 is 7.25. The van der Waals surface area contributed by atoms with Gasteiger partial charge in [-0.2, -0.15) is 4.98 Å². The van der Waals surface area contributed by atoms with Crippen LogP contribution in [0.2, 0.25) is 0 Å². The number of alkyl halides is 1. The van der Waals surface area contributed by atoms with E-state index in [1.54, 1.807) is 24.6 Å². The van der Waals surface area contributed by atoms with Crippen molar-refractivity contribution in [1.29, 1.82) is 0 Å². The molecule has 0 saturated carbocycles. The molecular formula is C12H12ClN5OS. The summed E-state index contributed by atoms with van der Waals surface area (Å²) in [5, 5.41) is 2.95. The number of ether oxygens (including phenoxy) is 1. The SMILES string of the molecule is COc1ncnc2c1nc(CCCl)n2Cc1nccs1. The lowest BCUT2D eigenvalue weighted by Gasteiger charge is -2.05. The topological polar surface area (TPSA) is 65.7 Å². The Kier molecular flexibility index (Phi) is 3.79. The Morgan fingerprint density at radius 3 is 2.95 bits per heavy atom. The molecule has 0 saturated heterocycles. The zero-order valence-electron chi connectivity index (χ0n) is 10.8. The minimum absolute atomic E-state index is 0.476. The number of rotatable bonds is 5. The maximum atomic E-state index is 5.86. The molecule has 0 radical (unpaired) electrons. The van der Waals surface area contributed by atoms with Crippen LogP contribution in [0.5, 0.6) is 5.88 Å². The van der Waals surface area contributed by atoms with Gasteiger partial charge < -0.3 is 9.30 Å². The fourth-order valence-corrected chi connectivity index (χ4v) is 2.79. The number of hydrogen-bond acceptors (Lipinski definition) is 6. The van der Waals surface area contributed by atoms with Crippen LogP contribution in [-0.2, 0) is 13.0 Å². The Hall–Kier alpha value is -1.73. The summed E-state index contributed by atoms with van der Waals surface area (Å²) in [4.78, 5) is 17.3. The van der Waals surface area contributed by atoms with E-state index in [2.05, 4.69) is 19.9 Å². The fourth-order valence-electron chi connectivity index (χ4n) is 2.02. The number of thiazole rings is 1. The number of nitrogens with zero attached hydrogens (tertiary/aromatic N) is 5. The van der Waals surface area contributed by atoms with Crippen LogP contribution >= 0.6 is 22.9 Å². The molecule has 8 heteroatoms. The Morgan fingerprint density at radius 2 is 2.25 bits per heavy atom. The van der Waals surface area contributed by atoms with Crippen LogP contribution in [0.4, 0.5) is 0 Å². The molecule has 0 aliphatic carbocycles. The van der Waals surface area contributed by atoms with Gasteiger partial charge in [0.15, 0.2) is 11.2 Å². The lowest BCUT2D eigenvalue weighted by atomic mass is 10.4. The van der Waals surface area contributed by atoms with Crippen molar-refractivity contribution in [2.75, 3.05) is 13.0 Å². The van der Waals surface area contributed by atoms with Crippen molar-refractivity contribution in [2.24, 2.45) is 0 Å². The summed E-state index contributed by atoms with van der Waals surface area (Å²) in [5.41, 5.74) is 1.40. The minimum Gasteiger partial charge on any atom is -0.479 e. The molecule has 0 atom stereocenters. The van der Waals surface area contributed by atoms with Crippen LogP contribution in [0.15, 0.2) is 17.9 Å². The lowest BCUT2D eigenvalue weighted by Crippen LogP contribution is -2.06. The quantitative estimate of drug-likeness (QED) is 0.675. The lowest BCUT2D eigenvalue weighted by molar-refractivity contribution is 0.401. The zero-order valence-corrected chi connectivity index (χ0v) is 12.4. The van der Waals surface area contributed by atoms with Gasteiger partial charge in [0, 0.05) is 23.9 Å². The Balaban J connectivity index is 2.13. The van der Waals surface area contributed by atoms with Crippen molar-refractivity contribution in [3.8, 4) is 5.88 Å². The third-order valence-corrected chi connectivity index (χ3v) is 3.82. The summed E-state index contributed by atoms with van der Waals surface area (Å²) in [5.74, 6) is 1.84. The highest BCUT2D eigenvalue weighted by Gasteiger charge is 2.16. The Bertz CT molecular complexity index is 712. The second-order valence-electron chi connectivity index (χ2n) is 4.03. The molecule has 0 unspecified atom stereocenters. The second kappa shape index (κ2) is 5.72. The first-order valence-corrected chi connectivity index (χ1v) is 7.43. The normalized spacial score (nSPS) is 11.1. The van der Waals surface area contributed by atoms with Gasteiger partial charge in [0.05, 0.1) is 13.7 Å². The predicted molar refractivity (Wildman–Crippen MR) is 77.5 cm³/mol. The molecule has 0 aliphatic heterocycles. The molecule has 20 heavy (non-hydrogen) atoms. The Morgan fingerprint density at radius 1 is 1.35 bits per heavy atom. The molecule has 0 bridgehead atoms. The van der Waals surface area contributed by atoms with Crippen molar-refractivity contribution in [3.63, 3.8) is 0 Å². The summed E-state index contributed by atoms with van der Waals surface area (Å²) in [6, 6.07) is 0. The average Bonchev–Trinajstić information content (AvgIpc) is 3.08. The number of fused-ring (bicyclic) bond motifs is 1. The van der Waals surface area contributed by atoms with Crippen molar-refractivity contribution in [1.82, 2.24) is 24.5 Å². The van der Waals surface area contributed by atoms with Gasteiger partial charge >= 0.3 is 0 Å². The van der Waals surface area contributed by atoms with Crippen LogP contribution < -0.4 is 4.74 Å². The molecule has 0 fully saturated rings. The van der Waals surface area contributed by atoms with E-state index in [1.165, 1.54) is 6.33 Å². The third kappa shape index (κ3) is 2.34. The van der Waals surface area contributed by atoms with E-state index in [1.807, 2.05) is 9.95 Å². The van der Waals surface area contributed by atoms with Gasteiger partial charge in [-0.1, -0.05) is 0 Å². The van der Waals surface area contributed by atoms with E-state index < -0.39 is 0 Å². The fraction of sp³-hybridized carbons (Fsp3) is 0.333. The van der Waals surface area contributed by atoms with Crippen LogP contribution in [0, 0.1) is 0 Å². The van der Waals surface area contributed by atoms with Gasteiger partial charge in [-0.15, -0.1) is 22.9 Å². The molecule has 3 aromatic rings. The van der Waals surface area contributed by atoms with Gasteiger partial charge in [0.2, 0.25) is 5.88 Å². The first kappa shape index (κ1) is 13.3. The Labute approximate surface area is 124 Å². The molecule has 6 nitrogen and oxygen atoms in total. The molecule has 3 aromatic heterocycles. The van der Waals surface area contributed by atoms with E-state index in [0.717, 1.165) is 16.5 Å². The highest BCUT2D eigenvalue weighted by atomic mass is 35.5. The number of methoxy groups -OCH3 is 1. The predicted octanol–water partition coefficient (Wildman–Crippen LogP) is 2.12. The first-order valence-electron chi connectivity index (χ1n) is 6.02. The van der Waals surface area contributed by atoms with Gasteiger partial charge in [-0.25, -0.2) is 15.0 Å². The smallest absolute Gasteiger partial charge is 0.245 e. The monoisotopic (exact) mass is 309 g/mol. The molecule has 0 amide bonds. The number of aryl methyl sites for hydroxylation is 1. The van der Waals surface area contributed by atoms with Gasteiger partial charge in [-0.05, 0) is 0 Å². The summed E-state index contributed by atoms with van der Waals surface area (Å²) >= 11 is 7.46. The molecule has 104 valence electrons. The maximum absolute atomic E-state index is 5.86. The van der Waals surface area contributed by atoms with E-state index in [-0.39, 0.29) is 0 Å². The summed E-state index contributed by atoms with van der Waals surface area (Å²) in [6.07, 6.45) is 3.92. The molecule has 0 N–H and O–H groups in total. The van der Waals surface area contributed by atoms with Gasteiger partial charge in [0.1, 0.15) is 17.2 Å². The van der Waals surface area contributed by atoms with E-state index in [9.17, 15) is 0 Å².